The van der Waals surface area contributed by atoms with Crippen molar-refractivity contribution in [2.24, 2.45) is 0 Å². The van der Waals surface area contributed by atoms with Crippen molar-refractivity contribution in [2.45, 2.75) is 6.92 Å². The van der Waals surface area contributed by atoms with Crippen LogP contribution in [0.15, 0.2) is 119 Å². The van der Waals surface area contributed by atoms with Crippen LogP contribution in [-0.4, -0.2) is 17.6 Å². The Morgan fingerprint density at radius 1 is 0.737 bits per heavy atom. The van der Waals surface area contributed by atoms with Gasteiger partial charge in [-0.25, -0.2) is 0 Å². The molecule has 38 heavy (non-hydrogen) atoms. The summed E-state index contributed by atoms with van der Waals surface area (Å²) in [5, 5.41) is 5.54. The lowest BCUT2D eigenvalue weighted by Gasteiger charge is -2.12. The number of aryl methyl sites for hydroxylation is 1. The zero-order chi connectivity index (χ0) is 26.9. The molecule has 2 amide bonds. The maximum absolute atomic E-state index is 13.2. The van der Waals surface area contributed by atoms with Crippen molar-refractivity contribution in [1.29, 1.82) is 0 Å². The fourth-order valence-electron chi connectivity index (χ4n) is 3.66. The second kappa shape index (κ2) is 12.6. The van der Waals surface area contributed by atoms with E-state index in [1.165, 1.54) is 6.08 Å². The molecule has 0 aliphatic rings. The Kier molecular flexibility index (Phi) is 8.80. The van der Waals surface area contributed by atoms with Crippen molar-refractivity contribution in [3.05, 3.63) is 147 Å². The van der Waals surface area contributed by atoms with Gasteiger partial charge >= 0.3 is 0 Å². The molecular weight excluding hydrogens is 540 g/mol. The van der Waals surface area contributed by atoms with E-state index in [1.807, 2.05) is 61.5 Å². The summed E-state index contributed by atoms with van der Waals surface area (Å²) in [4.78, 5) is 38.6. The number of rotatable bonds is 8. The van der Waals surface area contributed by atoms with Crippen molar-refractivity contribution in [1.82, 2.24) is 5.32 Å². The zero-order valence-electron chi connectivity index (χ0n) is 20.6. The monoisotopic (exact) mass is 564 g/mol. The van der Waals surface area contributed by atoms with Gasteiger partial charge in [0.2, 0.25) is 0 Å². The molecule has 4 rings (SSSR count). The summed E-state index contributed by atoms with van der Waals surface area (Å²) >= 11 is 3.42. The first kappa shape index (κ1) is 26.5. The van der Waals surface area contributed by atoms with E-state index in [2.05, 4.69) is 26.6 Å². The van der Waals surface area contributed by atoms with Crippen LogP contribution in [0.4, 0.5) is 5.69 Å². The number of hydrogen-bond donors (Lipinski definition) is 2. The Morgan fingerprint density at radius 3 is 2.16 bits per heavy atom. The van der Waals surface area contributed by atoms with Gasteiger partial charge in [-0.05, 0) is 78.7 Å². The van der Waals surface area contributed by atoms with Crippen LogP contribution in [0.25, 0.3) is 12.2 Å². The van der Waals surface area contributed by atoms with Crippen molar-refractivity contribution in [3.63, 3.8) is 0 Å². The molecule has 6 heteroatoms. The highest BCUT2D eigenvalue weighted by Crippen LogP contribution is 2.16. The smallest absolute Gasteiger partial charge is 0.272 e. The minimum Gasteiger partial charge on any atom is -0.321 e. The summed E-state index contributed by atoms with van der Waals surface area (Å²) in [5.74, 6) is -1.03. The standard InChI is InChI=1S/C32H25BrN2O3/c1-22-7-5-9-24(19-22)21-29(35-31(37)26-10-3-2-4-11-26)32(38)34-28-16-14-25(15-17-28)30(36)18-13-23-8-6-12-27(33)20-23/h2-21H,1H3,(H,34,38)(H,35,37)/b18-13+,29-21-. The Balaban J connectivity index is 1.49. The van der Waals surface area contributed by atoms with Crippen LogP contribution in [0.3, 0.4) is 0 Å². The number of benzene rings is 4. The van der Waals surface area contributed by atoms with Crippen LogP contribution < -0.4 is 10.6 Å². The van der Waals surface area contributed by atoms with Crippen LogP contribution in [0, 0.1) is 6.92 Å². The van der Waals surface area contributed by atoms with E-state index in [0.29, 0.717) is 16.8 Å². The van der Waals surface area contributed by atoms with Gasteiger partial charge in [0.1, 0.15) is 5.70 Å². The maximum atomic E-state index is 13.2. The van der Waals surface area contributed by atoms with Crippen molar-refractivity contribution < 1.29 is 14.4 Å². The molecule has 4 aromatic rings. The van der Waals surface area contributed by atoms with Gasteiger partial charge in [0, 0.05) is 21.3 Å². The molecule has 2 N–H and O–H groups in total. The molecule has 0 heterocycles. The third-order valence-corrected chi connectivity index (χ3v) is 6.08. The van der Waals surface area contributed by atoms with Gasteiger partial charge in [-0.15, -0.1) is 0 Å². The molecule has 0 unspecified atom stereocenters. The molecule has 0 fully saturated rings. The van der Waals surface area contributed by atoms with Crippen molar-refractivity contribution in [2.75, 3.05) is 5.32 Å². The summed E-state index contributed by atoms with van der Waals surface area (Å²) in [6.07, 6.45) is 4.89. The van der Waals surface area contributed by atoms with E-state index in [0.717, 1.165) is 21.2 Å². The van der Waals surface area contributed by atoms with E-state index < -0.39 is 11.8 Å². The van der Waals surface area contributed by atoms with Gasteiger partial charge in [-0.2, -0.15) is 0 Å². The van der Waals surface area contributed by atoms with E-state index in [9.17, 15) is 14.4 Å². The fraction of sp³-hybridized carbons (Fsp3) is 0.0312. The summed E-state index contributed by atoms with van der Waals surface area (Å²) in [7, 11) is 0. The Labute approximate surface area is 230 Å². The lowest BCUT2D eigenvalue weighted by Crippen LogP contribution is -2.30. The van der Waals surface area contributed by atoms with E-state index in [4.69, 9.17) is 0 Å². The Bertz CT molecular complexity index is 1520. The maximum Gasteiger partial charge on any atom is 0.272 e. The van der Waals surface area contributed by atoms with Gasteiger partial charge in [0.25, 0.3) is 11.8 Å². The first-order valence-corrected chi connectivity index (χ1v) is 12.7. The molecule has 188 valence electrons. The minimum atomic E-state index is -0.482. The van der Waals surface area contributed by atoms with E-state index in [1.54, 1.807) is 60.7 Å². The molecule has 0 spiro atoms. The second-order valence-corrected chi connectivity index (χ2v) is 9.49. The number of nitrogens with one attached hydrogen (secondary N) is 2. The van der Waals surface area contributed by atoms with Crippen LogP contribution in [0.2, 0.25) is 0 Å². The number of hydrogen-bond acceptors (Lipinski definition) is 3. The van der Waals surface area contributed by atoms with E-state index >= 15 is 0 Å². The van der Waals surface area contributed by atoms with Gasteiger partial charge in [0.15, 0.2) is 5.78 Å². The lowest BCUT2D eigenvalue weighted by molar-refractivity contribution is -0.113. The third-order valence-electron chi connectivity index (χ3n) is 5.59. The van der Waals surface area contributed by atoms with Gasteiger partial charge < -0.3 is 10.6 Å². The van der Waals surface area contributed by atoms with Crippen LogP contribution in [0.1, 0.15) is 37.4 Å². The first-order chi connectivity index (χ1) is 18.4. The Morgan fingerprint density at radius 2 is 1.45 bits per heavy atom. The molecule has 0 radical (unpaired) electrons. The normalized spacial score (nSPS) is 11.3. The SMILES string of the molecule is Cc1cccc(/C=C(\NC(=O)c2ccccc2)C(=O)Nc2ccc(C(=O)/C=C/c3cccc(Br)c3)cc2)c1. The zero-order valence-corrected chi connectivity index (χ0v) is 22.2. The molecular formula is C32H25BrN2O3. The molecule has 0 bridgehead atoms. The number of halogens is 1. The van der Waals surface area contributed by atoms with Gasteiger partial charge in [-0.1, -0.05) is 82.2 Å². The minimum absolute atomic E-state index is 0.0987. The Hall–Kier alpha value is -4.55. The quantitative estimate of drug-likeness (QED) is 0.177. The number of anilines is 1. The van der Waals surface area contributed by atoms with E-state index in [-0.39, 0.29) is 11.5 Å². The van der Waals surface area contributed by atoms with Gasteiger partial charge in [0.05, 0.1) is 0 Å². The second-order valence-electron chi connectivity index (χ2n) is 8.58. The molecule has 0 aromatic heterocycles. The number of carbonyl (C=O) groups excluding carboxylic acids is 3. The summed E-state index contributed by atoms with van der Waals surface area (Å²) < 4.78 is 0.933. The van der Waals surface area contributed by atoms with Crippen LogP contribution in [0.5, 0.6) is 0 Å². The number of ketones is 1. The molecule has 5 nitrogen and oxygen atoms in total. The third kappa shape index (κ3) is 7.48. The van der Waals surface area contributed by atoms with Crippen LogP contribution >= 0.6 is 15.9 Å². The number of amides is 2. The van der Waals surface area contributed by atoms with Crippen molar-refractivity contribution in [3.8, 4) is 0 Å². The topological polar surface area (TPSA) is 75.3 Å². The summed E-state index contributed by atoms with van der Waals surface area (Å²) in [5.41, 5.74) is 4.23. The highest BCUT2D eigenvalue weighted by Gasteiger charge is 2.15. The molecule has 0 aliphatic heterocycles. The molecule has 0 saturated carbocycles. The predicted octanol–water partition coefficient (Wildman–Crippen LogP) is 7.06. The average molecular weight is 565 g/mol. The fourth-order valence-corrected chi connectivity index (χ4v) is 4.08. The summed E-state index contributed by atoms with van der Waals surface area (Å²) in [6.45, 7) is 1.95. The average Bonchev–Trinajstić information content (AvgIpc) is 2.92. The number of carbonyl (C=O) groups is 3. The van der Waals surface area contributed by atoms with Crippen LogP contribution in [-0.2, 0) is 4.79 Å². The predicted molar refractivity (Wildman–Crippen MR) is 156 cm³/mol. The largest absolute Gasteiger partial charge is 0.321 e. The first-order valence-electron chi connectivity index (χ1n) is 11.9. The number of allylic oxidation sites excluding steroid dienone is 1. The summed E-state index contributed by atoms with van der Waals surface area (Å²) in [6, 6.07) is 30.6. The highest BCUT2D eigenvalue weighted by atomic mass is 79.9. The molecule has 0 saturated heterocycles. The van der Waals surface area contributed by atoms with Gasteiger partial charge in [-0.3, -0.25) is 14.4 Å². The molecule has 0 aliphatic carbocycles. The lowest BCUT2D eigenvalue weighted by atomic mass is 10.1. The van der Waals surface area contributed by atoms with Crippen molar-refractivity contribution >= 4 is 51.4 Å². The molecule has 0 atom stereocenters. The molecule has 4 aromatic carbocycles. The highest BCUT2D eigenvalue weighted by molar-refractivity contribution is 9.10.